The number of hydrogen-bond donors (Lipinski definition) is 2. The van der Waals surface area contributed by atoms with E-state index in [1.165, 1.54) is 0 Å². The van der Waals surface area contributed by atoms with Crippen LogP contribution in [0.5, 0.6) is 0 Å². The number of rotatable bonds is 9. The highest BCUT2D eigenvalue weighted by molar-refractivity contribution is 7.89. The first-order chi connectivity index (χ1) is 20.4. The predicted molar refractivity (Wildman–Crippen MR) is 170 cm³/mol. The van der Waals surface area contributed by atoms with Crippen LogP contribution in [0.2, 0.25) is 0 Å². The third-order valence-electron chi connectivity index (χ3n) is 8.60. The first-order valence-electron chi connectivity index (χ1n) is 14.9. The zero-order valence-electron chi connectivity index (χ0n) is 24.4. The summed E-state index contributed by atoms with van der Waals surface area (Å²) in [7, 11) is 0.311. The number of nitrogens with zero attached hydrogens (tertiary/aromatic N) is 4. The third-order valence-corrected chi connectivity index (χ3v) is 10.1. The van der Waals surface area contributed by atoms with E-state index in [4.69, 9.17) is 14.7 Å². The molecule has 2 N–H and O–H groups in total. The SMILES string of the molecule is CN(C)c1cccc2c(S(=O)(=O)NCC3CCC(CNc4nc(N5CCOCC5)c5ccccc5n4)CC3)cccc12. The molecule has 2 aliphatic rings. The Hall–Kier alpha value is -3.47. The number of benzene rings is 3. The Bertz CT molecular complexity index is 1650. The smallest absolute Gasteiger partial charge is 0.241 e. The van der Waals surface area contributed by atoms with Crippen molar-refractivity contribution in [3.05, 3.63) is 60.7 Å². The maximum atomic E-state index is 13.4. The summed E-state index contributed by atoms with van der Waals surface area (Å²) in [5.41, 5.74) is 1.94. The summed E-state index contributed by atoms with van der Waals surface area (Å²) in [6.07, 6.45) is 4.08. The molecule has 3 aromatic carbocycles. The van der Waals surface area contributed by atoms with Crippen molar-refractivity contribution in [2.24, 2.45) is 11.8 Å². The average Bonchev–Trinajstić information content (AvgIpc) is 3.02. The van der Waals surface area contributed by atoms with E-state index in [9.17, 15) is 8.42 Å². The number of nitrogens with one attached hydrogen (secondary N) is 2. The molecule has 2 heterocycles. The largest absolute Gasteiger partial charge is 0.378 e. The summed E-state index contributed by atoms with van der Waals surface area (Å²) in [4.78, 5) is 14.3. The van der Waals surface area contributed by atoms with Gasteiger partial charge in [-0.15, -0.1) is 0 Å². The van der Waals surface area contributed by atoms with E-state index in [0.717, 1.165) is 78.5 Å². The van der Waals surface area contributed by atoms with Crippen molar-refractivity contribution >= 4 is 49.2 Å². The summed E-state index contributed by atoms with van der Waals surface area (Å²) in [6.45, 7) is 4.34. The van der Waals surface area contributed by atoms with E-state index >= 15 is 0 Å². The van der Waals surface area contributed by atoms with Gasteiger partial charge in [-0.25, -0.2) is 18.1 Å². The van der Waals surface area contributed by atoms with Crippen molar-refractivity contribution < 1.29 is 13.2 Å². The zero-order valence-corrected chi connectivity index (χ0v) is 25.2. The van der Waals surface area contributed by atoms with Gasteiger partial charge >= 0.3 is 0 Å². The molecule has 0 atom stereocenters. The minimum atomic E-state index is -3.63. The molecule has 1 aromatic heterocycles. The van der Waals surface area contributed by atoms with Gasteiger partial charge in [0.25, 0.3) is 0 Å². The van der Waals surface area contributed by atoms with Crippen molar-refractivity contribution in [1.82, 2.24) is 14.7 Å². The Morgan fingerprint density at radius 2 is 1.50 bits per heavy atom. The normalized spacial score (nSPS) is 19.7. The van der Waals surface area contributed by atoms with E-state index in [-0.39, 0.29) is 0 Å². The lowest BCUT2D eigenvalue weighted by Gasteiger charge is -2.30. The first kappa shape index (κ1) is 28.6. The van der Waals surface area contributed by atoms with Crippen LogP contribution in [0.4, 0.5) is 17.5 Å². The average molecular weight is 589 g/mol. The minimum absolute atomic E-state index is 0.327. The van der Waals surface area contributed by atoms with Crippen LogP contribution < -0.4 is 19.8 Å². The highest BCUT2D eigenvalue weighted by atomic mass is 32.2. The van der Waals surface area contributed by atoms with Crippen LogP contribution >= 0.6 is 0 Å². The predicted octanol–water partition coefficient (Wildman–Crippen LogP) is 4.88. The summed E-state index contributed by atoms with van der Waals surface area (Å²) in [5.74, 6) is 2.46. The van der Waals surface area contributed by atoms with Crippen LogP contribution in [0.15, 0.2) is 65.6 Å². The number of para-hydroxylation sites is 1. The molecule has 10 heteroatoms. The maximum Gasteiger partial charge on any atom is 0.241 e. The fourth-order valence-electron chi connectivity index (χ4n) is 6.22. The number of morpholine rings is 1. The lowest BCUT2D eigenvalue weighted by molar-refractivity contribution is 0.122. The van der Waals surface area contributed by atoms with Crippen LogP contribution in [-0.4, -0.2) is 71.9 Å². The third kappa shape index (κ3) is 6.16. The number of fused-ring (bicyclic) bond motifs is 2. The van der Waals surface area contributed by atoms with Crippen LogP contribution in [0, 0.1) is 11.8 Å². The molecule has 0 amide bonds. The van der Waals surface area contributed by atoms with Gasteiger partial charge in [0.1, 0.15) is 5.82 Å². The second-order valence-corrected chi connectivity index (χ2v) is 13.4. The van der Waals surface area contributed by atoms with Gasteiger partial charge in [-0.3, -0.25) is 0 Å². The molecule has 1 saturated carbocycles. The summed E-state index contributed by atoms with van der Waals surface area (Å²) >= 11 is 0. The van der Waals surface area contributed by atoms with Crippen molar-refractivity contribution in [2.45, 2.75) is 30.6 Å². The summed E-state index contributed by atoms with van der Waals surface area (Å²) in [5, 5.41) is 6.26. The summed E-state index contributed by atoms with van der Waals surface area (Å²) < 4.78 is 35.2. The van der Waals surface area contributed by atoms with Crippen molar-refractivity contribution in [2.75, 3.05) is 68.6 Å². The topological polar surface area (TPSA) is 99.7 Å². The lowest BCUT2D eigenvalue weighted by Crippen LogP contribution is -2.37. The van der Waals surface area contributed by atoms with Crippen LogP contribution in [0.25, 0.3) is 21.7 Å². The van der Waals surface area contributed by atoms with Gasteiger partial charge in [-0.1, -0.05) is 36.4 Å². The molecule has 0 spiro atoms. The summed E-state index contributed by atoms with van der Waals surface area (Å²) in [6, 6.07) is 19.5. The van der Waals surface area contributed by atoms with Crippen LogP contribution in [-0.2, 0) is 14.8 Å². The monoisotopic (exact) mass is 588 g/mol. The molecule has 0 bridgehead atoms. The Kier molecular flexibility index (Phi) is 8.46. The molecule has 42 heavy (non-hydrogen) atoms. The molecule has 1 aliphatic carbocycles. The number of aromatic nitrogens is 2. The minimum Gasteiger partial charge on any atom is -0.378 e. The van der Waals surface area contributed by atoms with Gasteiger partial charge in [-0.05, 0) is 61.8 Å². The fourth-order valence-corrected chi connectivity index (χ4v) is 7.56. The number of sulfonamides is 1. The fraction of sp³-hybridized carbons (Fsp3) is 0.438. The second kappa shape index (κ2) is 12.4. The van der Waals surface area contributed by atoms with Gasteiger partial charge in [0.05, 0.1) is 23.6 Å². The second-order valence-electron chi connectivity index (χ2n) is 11.6. The highest BCUT2D eigenvalue weighted by Crippen LogP contribution is 2.32. The van der Waals surface area contributed by atoms with E-state index in [1.54, 1.807) is 6.07 Å². The molecule has 0 radical (unpaired) electrons. The van der Waals surface area contributed by atoms with Crippen LogP contribution in [0.3, 0.4) is 0 Å². The Morgan fingerprint density at radius 3 is 2.26 bits per heavy atom. The molecular formula is C32H40N6O3S. The van der Waals surface area contributed by atoms with Crippen molar-refractivity contribution in [3.63, 3.8) is 0 Å². The van der Waals surface area contributed by atoms with E-state index < -0.39 is 10.0 Å². The molecule has 222 valence electrons. The van der Waals surface area contributed by atoms with Gasteiger partial charge in [-0.2, -0.15) is 4.98 Å². The number of ether oxygens (including phenoxy) is 1. The molecular weight excluding hydrogens is 548 g/mol. The molecule has 2 fully saturated rings. The van der Waals surface area contributed by atoms with Gasteiger partial charge in [0.15, 0.2) is 0 Å². The quantitative estimate of drug-likeness (QED) is 0.285. The molecule has 6 rings (SSSR count). The number of anilines is 3. The molecule has 4 aromatic rings. The van der Waals surface area contributed by atoms with E-state index in [1.807, 2.05) is 67.5 Å². The van der Waals surface area contributed by atoms with E-state index in [2.05, 4.69) is 21.0 Å². The molecule has 0 unspecified atom stereocenters. The van der Waals surface area contributed by atoms with Crippen molar-refractivity contribution in [3.8, 4) is 0 Å². The maximum absolute atomic E-state index is 13.4. The molecule has 9 nitrogen and oxygen atoms in total. The molecule has 1 aliphatic heterocycles. The van der Waals surface area contributed by atoms with Gasteiger partial charge in [0.2, 0.25) is 16.0 Å². The Morgan fingerprint density at radius 1 is 0.833 bits per heavy atom. The number of hydrogen-bond acceptors (Lipinski definition) is 8. The Labute approximate surface area is 248 Å². The van der Waals surface area contributed by atoms with Crippen LogP contribution in [0.1, 0.15) is 25.7 Å². The lowest BCUT2D eigenvalue weighted by atomic mass is 9.82. The van der Waals surface area contributed by atoms with Crippen molar-refractivity contribution in [1.29, 1.82) is 0 Å². The van der Waals surface area contributed by atoms with E-state index in [0.29, 0.717) is 42.4 Å². The van der Waals surface area contributed by atoms with Gasteiger partial charge < -0.3 is 19.9 Å². The highest BCUT2D eigenvalue weighted by Gasteiger charge is 2.25. The molecule has 1 saturated heterocycles. The first-order valence-corrected chi connectivity index (χ1v) is 16.4. The zero-order chi connectivity index (χ0) is 29.1. The Balaban J connectivity index is 1.05. The standard InChI is InChI=1S/C32H40N6O3S/c1-37(2)29-11-5-9-26-25(29)8-6-12-30(26)42(39,40)34-22-24-15-13-23(14-16-24)21-33-32-35-28-10-4-3-7-27(28)31(36-32)38-17-19-41-20-18-38/h3-12,23-24,34H,13-22H2,1-2H3,(H,33,35,36). The van der Waals surface area contributed by atoms with Gasteiger partial charge in [0, 0.05) is 62.1 Å².